The molecule has 0 spiro atoms. The van der Waals surface area contributed by atoms with E-state index in [9.17, 15) is 13.2 Å². The fourth-order valence-electron chi connectivity index (χ4n) is 2.65. The van der Waals surface area contributed by atoms with Crippen LogP contribution in [0.15, 0.2) is 42.6 Å². The first-order chi connectivity index (χ1) is 9.55. The molecule has 20 heavy (non-hydrogen) atoms. The Morgan fingerprint density at radius 2 is 1.85 bits per heavy atom. The number of aromatic nitrogens is 1. The van der Waals surface area contributed by atoms with Crippen LogP contribution >= 0.6 is 0 Å². The van der Waals surface area contributed by atoms with E-state index in [1.54, 1.807) is 12.1 Å². The van der Waals surface area contributed by atoms with Crippen molar-refractivity contribution in [3.8, 4) is 0 Å². The Balaban J connectivity index is 1.94. The molecule has 106 valence electrons. The minimum atomic E-state index is -4.28. The maximum Gasteiger partial charge on any atom is 0.416 e. The Kier molecular flexibility index (Phi) is 3.30. The fourth-order valence-corrected chi connectivity index (χ4v) is 2.65. The summed E-state index contributed by atoms with van der Waals surface area (Å²) >= 11 is 0. The third kappa shape index (κ3) is 2.45. The molecule has 0 radical (unpaired) electrons. The quantitative estimate of drug-likeness (QED) is 0.844. The van der Waals surface area contributed by atoms with Gasteiger partial charge in [0.05, 0.1) is 11.6 Å². The summed E-state index contributed by atoms with van der Waals surface area (Å²) in [5.74, 6) is 0. The average molecular weight is 280 g/mol. The van der Waals surface area contributed by atoms with Gasteiger partial charge in [0.25, 0.3) is 0 Å². The smallest absolute Gasteiger partial charge is 0.350 e. The van der Waals surface area contributed by atoms with Crippen LogP contribution in [0.25, 0.3) is 0 Å². The van der Waals surface area contributed by atoms with E-state index in [4.69, 9.17) is 0 Å². The number of fused-ring (bicyclic) bond motifs is 1. The Morgan fingerprint density at radius 1 is 1.10 bits per heavy atom. The largest absolute Gasteiger partial charge is 0.416 e. The topological polar surface area (TPSA) is 17.0 Å². The number of aryl methyl sites for hydroxylation is 1. The molecule has 0 bridgehead atoms. The van der Waals surface area contributed by atoms with Gasteiger partial charge in [0.1, 0.15) is 0 Å². The lowest BCUT2D eigenvalue weighted by molar-refractivity contribution is -0.137. The minimum Gasteiger partial charge on any atom is -0.350 e. The van der Waals surface area contributed by atoms with Crippen LogP contribution < -0.4 is 5.32 Å². The standard InChI is InChI=1S/C15H15F3N2/c16-15(17,18)12-6-4-11(5-7-12)14-13-3-1-9-20(13)10-2-8-19-14/h1,3-7,9,14,19H,2,8,10H2. The van der Waals surface area contributed by atoms with Gasteiger partial charge in [0.2, 0.25) is 0 Å². The van der Waals surface area contributed by atoms with Crippen molar-refractivity contribution in [2.75, 3.05) is 6.54 Å². The number of halogens is 3. The van der Waals surface area contributed by atoms with E-state index >= 15 is 0 Å². The van der Waals surface area contributed by atoms with Crippen molar-refractivity contribution in [3.63, 3.8) is 0 Å². The zero-order chi connectivity index (χ0) is 14.2. The van der Waals surface area contributed by atoms with Crippen molar-refractivity contribution in [1.82, 2.24) is 9.88 Å². The highest BCUT2D eigenvalue weighted by Crippen LogP contribution is 2.31. The highest BCUT2D eigenvalue weighted by molar-refractivity contribution is 5.32. The second-order valence-electron chi connectivity index (χ2n) is 4.99. The Morgan fingerprint density at radius 3 is 2.55 bits per heavy atom. The molecule has 1 aromatic carbocycles. The van der Waals surface area contributed by atoms with Gasteiger partial charge in [-0.15, -0.1) is 0 Å². The van der Waals surface area contributed by atoms with Crippen LogP contribution in [0, 0.1) is 0 Å². The Hall–Kier alpha value is -1.75. The number of rotatable bonds is 1. The van der Waals surface area contributed by atoms with E-state index < -0.39 is 11.7 Å². The summed E-state index contributed by atoms with van der Waals surface area (Å²) in [5, 5.41) is 3.40. The summed E-state index contributed by atoms with van der Waals surface area (Å²) in [4.78, 5) is 0. The Labute approximate surface area is 115 Å². The van der Waals surface area contributed by atoms with Crippen LogP contribution in [-0.2, 0) is 12.7 Å². The highest BCUT2D eigenvalue weighted by atomic mass is 19.4. The molecular weight excluding hydrogens is 265 g/mol. The van der Waals surface area contributed by atoms with Crippen molar-refractivity contribution in [1.29, 1.82) is 0 Å². The highest BCUT2D eigenvalue weighted by Gasteiger charge is 2.30. The maximum atomic E-state index is 12.6. The summed E-state index contributed by atoms with van der Waals surface area (Å²) in [6.45, 7) is 1.79. The first-order valence-corrected chi connectivity index (χ1v) is 6.61. The summed E-state index contributed by atoms with van der Waals surface area (Å²) < 4.78 is 39.9. The Bertz CT molecular complexity index is 584. The van der Waals surface area contributed by atoms with Crippen molar-refractivity contribution < 1.29 is 13.2 Å². The number of nitrogens with zero attached hydrogens (tertiary/aromatic N) is 1. The van der Waals surface area contributed by atoms with Gasteiger partial charge in [0, 0.05) is 18.4 Å². The lowest BCUT2D eigenvalue weighted by atomic mass is 10.0. The van der Waals surface area contributed by atoms with E-state index in [-0.39, 0.29) is 6.04 Å². The normalized spacial score (nSPS) is 19.4. The molecule has 1 unspecified atom stereocenters. The number of hydrogen-bond acceptors (Lipinski definition) is 1. The molecular formula is C15H15F3N2. The molecule has 1 atom stereocenters. The van der Waals surface area contributed by atoms with Crippen LogP contribution in [0.5, 0.6) is 0 Å². The minimum absolute atomic E-state index is 0.0465. The van der Waals surface area contributed by atoms with Crippen LogP contribution in [0.4, 0.5) is 13.2 Å². The van der Waals surface area contributed by atoms with Gasteiger partial charge in [-0.3, -0.25) is 0 Å². The number of nitrogens with one attached hydrogen (secondary N) is 1. The average Bonchev–Trinajstić information content (AvgIpc) is 2.78. The lowest BCUT2D eigenvalue weighted by Crippen LogP contribution is -2.22. The lowest BCUT2D eigenvalue weighted by Gasteiger charge is -2.18. The number of alkyl halides is 3. The molecule has 0 amide bonds. The maximum absolute atomic E-state index is 12.6. The van der Waals surface area contributed by atoms with Gasteiger partial charge in [-0.05, 0) is 42.8 Å². The predicted molar refractivity (Wildman–Crippen MR) is 70.3 cm³/mol. The van der Waals surface area contributed by atoms with Gasteiger partial charge in [0.15, 0.2) is 0 Å². The summed E-state index contributed by atoms with van der Waals surface area (Å²) in [5.41, 5.74) is 1.35. The van der Waals surface area contributed by atoms with E-state index in [1.807, 2.05) is 18.3 Å². The molecule has 0 fully saturated rings. The van der Waals surface area contributed by atoms with Crippen LogP contribution in [0.1, 0.15) is 29.3 Å². The second kappa shape index (κ2) is 4.98. The molecule has 2 heterocycles. The molecule has 2 aromatic rings. The summed E-state index contributed by atoms with van der Waals surface area (Å²) in [6.07, 6.45) is -1.26. The monoisotopic (exact) mass is 280 g/mol. The second-order valence-corrected chi connectivity index (χ2v) is 4.99. The molecule has 2 nitrogen and oxygen atoms in total. The predicted octanol–water partition coefficient (Wildman–Crippen LogP) is 3.59. The fraction of sp³-hybridized carbons (Fsp3) is 0.333. The molecule has 1 aromatic heterocycles. The third-order valence-electron chi connectivity index (χ3n) is 3.66. The first kappa shape index (κ1) is 13.2. The molecule has 0 saturated heterocycles. The summed E-state index contributed by atoms with van der Waals surface area (Å²) in [7, 11) is 0. The molecule has 1 aliphatic rings. The van der Waals surface area contributed by atoms with Crippen molar-refractivity contribution >= 4 is 0 Å². The zero-order valence-corrected chi connectivity index (χ0v) is 10.8. The van der Waals surface area contributed by atoms with E-state index in [0.29, 0.717) is 0 Å². The number of benzene rings is 1. The van der Waals surface area contributed by atoms with Crippen LogP contribution in [0.2, 0.25) is 0 Å². The molecule has 0 aliphatic carbocycles. The molecule has 0 saturated carbocycles. The van der Waals surface area contributed by atoms with Crippen molar-refractivity contribution in [2.24, 2.45) is 0 Å². The first-order valence-electron chi connectivity index (χ1n) is 6.61. The summed E-state index contributed by atoms with van der Waals surface area (Å²) in [6, 6.07) is 9.35. The van der Waals surface area contributed by atoms with Gasteiger partial charge in [-0.1, -0.05) is 12.1 Å². The van der Waals surface area contributed by atoms with Gasteiger partial charge in [-0.25, -0.2) is 0 Å². The van der Waals surface area contributed by atoms with Crippen LogP contribution in [0.3, 0.4) is 0 Å². The molecule has 5 heteroatoms. The number of hydrogen-bond donors (Lipinski definition) is 1. The van der Waals surface area contributed by atoms with Crippen LogP contribution in [-0.4, -0.2) is 11.1 Å². The molecule has 1 aliphatic heterocycles. The molecule has 3 rings (SSSR count). The van der Waals surface area contributed by atoms with E-state index in [0.717, 1.165) is 42.9 Å². The third-order valence-corrected chi connectivity index (χ3v) is 3.66. The van der Waals surface area contributed by atoms with Gasteiger partial charge >= 0.3 is 6.18 Å². The zero-order valence-electron chi connectivity index (χ0n) is 10.8. The SMILES string of the molecule is FC(F)(F)c1ccc(C2NCCCn3cccc32)cc1. The van der Waals surface area contributed by atoms with E-state index in [1.165, 1.54) is 0 Å². The van der Waals surface area contributed by atoms with E-state index in [2.05, 4.69) is 9.88 Å². The van der Waals surface area contributed by atoms with Gasteiger partial charge < -0.3 is 9.88 Å². The molecule has 1 N–H and O–H groups in total. The van der Waals surface area contributed by atoms with Crippen molar-refractivity contribution in [3.05, 3.63) is 59.4 Å². The van der Waals surface area contributed by atoms with Gasteiger partial charge in [-0.2, -0.15) is 13.2 Å². The van der Waals surface area contributed by atoms with Crippen molar-refractivity contribution in [2.45, 2.75) is 25.2 Å².